The first-order valence-electron chi connectivity index (χ1n) is 6.60. The van der Waals surface area contributed by atoms with Gasteiger partial charge in [0.25, 0.3) is 0 Å². The van der Waals surface area contributed by atoms with Gasteiger partial charge in [-0.15, -0.1) is 0 Å². The van der Waals surface area contributed by atoms with E-state index in [0.29, 0.717) is 0 Å². The average Bonchev–Trinajstić information content (AvgIpc) is 2.26. The van der Waals surface area contributed by atoms with Crippen LogP contribution >= 0.6 is 0 Å². The Labute approximate surface area is 101 Å². The van der Waals surface area contributed by atoms with E-state index in [1.165, 1.54) is 42.5 Å². The van der Waals surface area contributed by atoms with Crippen molar-refractivity contribution in [1.82, 2.24) is 4.90 Å². The lowest BCUT2D eigenvalue weighted by molar-refractivity contribution is 0.457. The first-order valence-corrected chi connectivity index (χ1v) is 6.60. The summed E-state index contributed by atoms with van der Waals surface area (Å²) in [5, 5.41) is 0. The third-order valence-corrected chi connectivity index (χ3v) is 2.92. The van der Waals surface area contributed by atoms with Crippen LogP contribution in [0.3, 0.4) is 0 Å². The van der Waals surface area contributed by atoms with Gasteiger partial charge in [-0.25, -0.2) is 0 Å². The molecule has 1 aliphatic rings. The van der Waals surface area contributed by atoms with Gasteiger partial charge in [0.1, 0.15) is 0 Å². The molecule has 0 amide bonds. The minimum absolute atomic E-state index is 1.09. The summed E-state index contributed by atoms with van der Waals surface area (Å²) in [5.41, 5.74) is 4.11. The van der Waals surface area contributed by atoms with Crippen LogP contribution in [-0.2, 0) is 0 Å². The van der Waals surface area contributed by atoms with E-state index < -0.39 is 0 Å². The Morgan fingerprint density at radius 2 is 1.75 bits per heavy atom. The van der Waals surface area contributed by atoms with Crippen LogP contribution in [-0.4, -0.2) is 11.4 Å². The minimum Gasteiger partial charge on any atom is -0.348 e. The van der Waals surface area contributed by atoms with Crippen molar-refractivity contribution in [1.29, 1.82) is 0 Å². The SMILES string of the molecule is C=C1C(CCC)=CC(CCC)=CN1CCC. The molecular formula is C15H25N. The highest BCUT2D eigenvalue weighted by molar-refractivity contribution is 5.40. The van der Waals surface area contributed by atoms with Gasteiger partial charge in [0.05, 0.1) is 0 Å². The Balaban J connectivity index is 2.83. The zero-order valence-electron chi connectivity index (χ0n) is 11.1. The maximum Gasteiger partial charge on any atom is 0.0365 e. The van der Waals surface area contributed by atoms with Gasteiger partial charge in [-0.1, -0.05) is 46.3 Å². The molecule has 0 aromatic carbocycles. The number of allylic oxidation sites excluding steroid dienone is 3. The summed E-state index contributed by atoms with van der Waals surface area (Å²) >= 11 is 0. The van der Waals surface area contributed by atoms with Gasteiger partial charge in [0, 0.05) is 18.4 Å². The number of hydrogen-bond donors (Lipinski definition) is 0. The zero-order valence-corrected chi connectivity index (χ0v) is 11.1. The van der Waals surface area contributed by atoms with Crippen LogP contribution in [0, 0.1) is 0 Å². The van der Waals surface area contributed by atoms with Crippen molar-refractivity contribution in [2.75, 3.05) is 6.54 Å². The molecule has 0 unspecified atom stereocenters. The van der Waals surface area contributed by atoms with Gasteiger partial charge in [-0.05, 0) is 30.4 Å². The second-order valence-electron chi connectivity index (χ2n) is 4.51. The Hall–Kier alpha value is -0.980. The Bertz CT molecular complexity index is 297. The highest BCUT2D eigenvalue weighted by Crippen LogP contribution is 2.27. The molecule has 1 rings (SSSR count). The lowest BCUT2D eigenvalue weighted by Gasteiger charge is -2.29. The Kier molecular flexibility index (Phi) is 5.37. The largest absolute Gasteiger partial charge is 0.348 e. The predicted molar refractivity (Wildman–Crippen MR) is 72.1 cm³/mol. The summed E-state index contributed by atoms with van der Waals surface area (Å²) in [6.07, 6.45) is 10.6. The molecule has 0 aromatic rings. The third kappa shape index (κ3) is 3.26. The van der Waals surface area contributed by atoms with Gasteiger partial charge >= 0.3 is 0 Å². The standard InChI is InChI=1S/C15H25N/c1-5-8-14-11-15(9-6-2)13(4)16(12-14)10-7-3/h11-12H,4-10H2,1-3H3. The van der Waals surface area contributed by atoms with Crippen LogP contribution in [0.4, 0.5) is 0 Å². The maximum absolute atomic E-state index is 4.22. The third-order valence-electron chi connectivity index (χ3n) is 2.92. The van der Waals surface area contributed by atoms with Crippen LogP contribution in [0.5, 0.6) is 0 Å². The fourth-order valence-electron chi connectivity index (χ4n) is 2.16. The van der Waals surface area contributed by atoms with Crippen molar-refractivity contribution in [2.24, 2.45) is 0 Å². The Morgan fingerprint density at radius 3 is 2.31 bits per heavy atom. The first kappa shape index (κ1) is 13.1. The van der Waals surface area contributed by atoms with Gasteiger partial charge in [-0.2, -0.15) is 0 Å². The summed E-state index contributed by atoms with van der Waals surface area (Å²) in [5.74, 6) is 0. The van der Waals surface area contributed by atoms with E-state index in [9.17, 15) is 0 Å². The van der Waals surface area contributed by atoms with E-state index >= 15 is 0 Å². The lowest BCUT2D eigenvalue weighted by Crippen LogP contribution is -2.21. The molecule has 0 bridgehead atoms. The maximum atomic E-state index is 4.22. The van der Waals surface area contributed by atoms with Gasteiger partial charge in [0.15, 0.2) is 0 Å². The summed E-state index contributed by atoms with van der Waals surface area (Å²) in [7, 11) is 0. The average molecular weight is 219 g/mol. The predicted octanol–water partition coefficient (Wildman–Crippen LogP) is 4.64. The van der Waals surface area contributed by atoms with Gasteiger partial charge in [0.2, 0.25) is 0 Å². The number of hydrogen-bond acceptors (Lipinski definition) is 1. The van der Waals surface area contributed by atoms with Gasteiger partial charge in [-0.3, -0.25) is 0 Å². The van der Waals surface area contributed by atoms with E-state index in [0.717, 1.165) is 13.0 Å². The molecule has 0 saturated heterocycles. The van der Waals surface area contributed by atoms with E-state index in [-0.39, 0.29) is 0 Å². The smallest absolute Gasteiger partial charge is 0.0365 e. The summed E-state index contributed by atoms with van der Waals surface area (Å²) in [6, 6.07) is 0. The highest BCUT2D eigenvalue weighted by Gasteiger charge is 2.14. The molecule has 0 aliphatic carbocycles. The molecule has 1 heteroatoms. The molecule has 0 N–H and O–H groups in total. The minimum atomic E-state index is 1.09. The zero-order chi connectivity index (χ0) is 12.0. The van der Waals surface area contributed by atoms with E-state index in [1.807, 2.05) is 0 Å². The molecular weight excluding hydrogens is 194 g/mol. The summed E-state index contributed by atoms with van der Waals surface area (Å²) in [4.78, 5) is 2.33. The molecule has 16 heavy (non-hydrogen) atoms. The molecule has 0 aromatic heterocycles. The van der Waals surface area contributed by atoms with Crippen LogP contribution in [0.15, 0.2) is 35.7 Å². The molecule has 1 aliphatic heterocycles. The van der Waals surface area contributed by atoms with E-state index in [4.69, 9.17) is 0 Å². The van der Waals surface area contributed by atoms with Crippen molar-refractivity contribution in [3.05, 3.63) is 35.7 Å². The van der Waals surface area contributed by atoms with Crippen molar-refractivity contribution in [3.8, 4) is 0 Å². The normalized spacial score (nSPS) is 16.2. The molecule has 0 radical (unpaired) electrons. The van der Waals surface area contributed by atoms with Crippen molar-refractivity contribution in [2.45, 2.75) is 52.9 Å². The fraction of sp³-hybridized carbons (Fsp3) is 0.600. The van der Waals surface area contributed by atoms with Crippen LogP contribution < -0.4 is 0 Å². The second kappa shape index (κ2) is 6.57. The molecule has 1 nitrogen and oxygen atoms in total. The van der Waals surface area contributed by atoms with Crippen LogP contribution in [0.1, 0.15) is 52.9 Å². The molecule has 1 heterocycles. The summed E-state index contributed by atoms with van der Waals surface area (Å²) in [6.45, 7) is 12.0. The molecule has 0 saturated carbocycles. The van der Waals surface area contributed by atoms with Crippen LogP contribution in [0.2, 0.25) is 0 Å². The number of nitrogens with zero attached hydrogens (tertiary/aromatic N) is 1. The molecule has 0 atom stereocenters. The summed E-state index contributed by atoms with van der Waals surface area (Å²) < 4.78 is 0. The van der Waals surface area contributed by atoms with E-state index in [1.54, 1.807) is 0 Å². The topological polar surface area (TPSA) is 3.24 Å². The Morgan fingerprint density at radius 1 is 1.06 bits per heavy atom. The van der Waals surface area contributed by atoms with Crippen molar-refractivity contribution in [3.63, 3.8) is 0 Å². The first-order chi connectivity index (χ1) is 7.72. The van der Waals surface area contributed by atoms with Crippen LogP contribution in [0.25, 0.3) is 0 Å². The molecule has 0 fully saturated rings. The van der Waals surface area contributed by atoms with Gasteiger partial charge < -0.3 is 4.90 Å². The highest BCUT2D eigenvalue weighted by atomic mass is 15.1. The lowest BCUT2D eigenvalue weighted by atomic mass is 9.98. The van der Waals surface area contributed by atoms with Crippen molar-refractivity contribution < 1.29 is 0 Å². The molecule has 0 spiro atoms. The van der Waals surface area contributed by atoms with E-state index in [2.05, 4.69) is 44.5 Å². The van der Waals surface area contributed by atoms with Crippen molar-refractivity contribution >= 4 is 0 Å². The quantitative estimate of drug-likeness (QED) is 0.629. The fourth-order valence-corrected chi connectivity index (χ4v) is 2.16. The second-order valence-corrected chi connectivity index (χ2v) is 4.51. The monoisotopic (exact) mass is 219 g/mol. The molecule has 90 valence electrons. The number of rotatable bonds is 6.